The summed E-state index contributed by atoms with van der Waals surface area (Å²) >= 11 is 6.08. The highest BCUT2D eigenvalue weighted by atomic mass is 35.5. The Morgan fingerprint density at radius 2 is 2.39 bits per heavy atom. The first-order valence-electron chi connectivity index (χ1n) is 7.45. The number of aromatic amines is 1. The van der Waals surface area contributed by atoms with E-state index in [0.717, 1.165) is 31.5 Å². The second-order valence-electron chi connectivity index (χ2n) is 5.64. The minimum atomic E-state index is -0.338. The van der Waals surface area contributed by atoms with Crippen LogP contribution in [0.1, 0.15) is 28.9 Å². The van der Waals surface area contributed by atoms with Gasteiger partial charge in [-0.25, -0.2) is 4.39 Å². The average molecular weight is 338 g/mol. The van der Waals surface area contributed by atoms with Gasteiger partial charge in [0.15, 0.2) is 5.69 Å². The summed E-state index contributed by atoms with van der Waals surface area (Å²) in [6.45, 7) is 2.27. The van der Waals surface area contributed by atoms with Crippen LogP contribution in [-0.2, 0) is 6.54 Å². The van der Waals surface area contributed by atoms with Crippen LogP contribution in [0, 0.1) is 5.82 Å². The number of amides is 1. The largest absolute Gasteiger partial charge is 0.347 e. The van der Waals surface area contributed by atoms with Gasteiger partial charge in [0.05, 0.1) is 6.20 Å². The normalized spacial score (nSPS) is 18.8. The van der Waals surface area contributed by atoms with Crippen molar-refractivity contribution in [2.24, 2.45) is 0 Å². The van der Waals surface area contributed by atoms with Crippen molar-refractivity contribution in [1.82, 2.24) is 25.6 Å². The average Bonchev–Trinajstić information content (AvgIpc) is 3.05. The van der Waals surface area contributed by atoms with E-state index in [-0.39, 0.29) is 23.5 Å². The molecule has 0 spiro atoms. The predicted molar refractivity (Wildman–Crippen MR) is 83.6 cm³/mol. The first kappa shape index (κ1) is 15.9. The fraction of sp³-hybridized carbons (Fsp3) is 0.400. The molecule has 2 aromatic rings. The van der Waals surface area contributed by atoms with Crippen LogP contribution in [0.5, 0.6) is 0 Å². The summed E-state index contributed by atoms with van der Waals surface area (Å²) in [5, 5.41) is 13.2. The summed E-state index contributed by atoms with van der Waals surface area (Å²) in [5.41, 5.74) is 1.17. The van der Waals surface area contributed by atoms with Gasteiger partial charge in [0, 0.05) is 24.2 Å². The molecule has 2 heterocycles. The van der Waals surface area contributed by atoms with Gasteiger partial charge in [0.25, 0.3) is 5.91 Å². The molecule has 1 amide bonds. The Morgan fingerprint density at radius 1 is 1.52 bits per heavy atom. The van der Waals surface area contributed by atoms with E-state index in [4.69, 9.17) is 11.6 Å². The predicted octanol–water partition coefficient (Wildman–Crippen LogP) is 1.99. The van der Waals surface area contributed by atoms with Crippen LogP contribution in [0.15, 0.2) is 24.4 Å². The van der Waals surface area contributed by atoms with E-state index >= 15 is 0 Å². The Bertz CT molecular complexity index is 679. The molecule has 1 saturated heterocycles. The molecule has 0 aliphatic carbocycles. The molecule has 0 unspecified atom stereocenters. The highest BCUT2D eigenvalue weighted by molar-refractivity contribution is 6.31. The minimum absolute atomic E-state index is 0.0483. The molecule has 1 fully saturated rings. The van der Waals surface area contributed by atoms with Crippen molar-refractivity contribution in [3.8, 4) is 0 Å². The van der Waals surface area contributed by atoms with Crippen LogP contribution in [0.3, 0.4) is 0 Å². The standard InChI is InChI=1S/C15H17ClFN5O/c16-13-6-11(17)4-3-10(13)8-22-5-1-2-12(9-22)19-15(23)14-7-18-21-20-14/h3-4,6-7,12H,1-2,5,8-9H2,(H,19,23)(H,18,20,21)/t12-/m1/s1. The molecular weight excluding hydrogens is 321 g/mol. The fourth-order valence-electron chi connectivity index (χ4n) is 2.78. The maximum atomic E-state index is 13.1. The number of rotatable bonds is 4. The Labute approximate surface area is 138 Å². The zero-order valence-corrected chi connectivity index (χ0v) is 13.2. The monoisotopic (exact) mass is 337 g/mol. The van der Waals surface area contributed by atoms with Crippen LogP contribution in [-0.4, -0.2) is 45.3 Å². The number of likely N-dealkylation sites (tertiary alicyclic amines) is 1. The molecule has 1 aromatic heterocycles. The van der Waals surface area contributed by atoms with E-state index in [1.165, 1.54) is 18.3 Å². The lowest BCUT2D eigenvalue weighted by Gasteiger charge is -2.33. The van der Waals surface area contributed by atoms with Crippen LogP contribution >= 0.6 is 11.6 Å². The van der Waals surface area contributed by atoms with E-state index in [9.17, 15) is 9.18 Å². The van der Waals surface area contributed by atoms with Gasteiger partial charge in [-0.2, -0.15) is 15.4 Å². The molecule has 1 aliphatic heterocycles. The van der Waals surface area contributed by atoms with E-state index in [2.05, 4.69) is 25.6 Å². The van der Waals surface area contributed by atoms with Crippen LogP contribution < -0.4 is 5.32 Å². The number of hydrogen-bond acceptors (Lipinski definition) is 4. The minimum Gasteiger partial charge on any atom is -0.347 e. The van der Waals surface area contributed by atoms with Crippen molar-refractivity contribution in [3.63, 3.8) is 0 Å². The second kappa shape index (κ2) is 7.06. The smallest absolute Gasteiger partial charge is 0.273 e. The van der Waals surface area contributed by atoms with Crippen LogP contribution in [0.2, 0.25) is 5.02 Å². The molecule has 2 N–H and O–H groups in total. The molecule has 1 atom stereocenters. The summed E-state index contributed by atoms with van der Waals surface area (Å²) < 4.78 is 13.1. The Kier molecular flexibility index (Phi) is 4.88. The molecule has 1 aromatic carbocycles. The summed E-state index contributed by atoms with van der Waals surface area (Å²) in [7, 11) is 0. The molecule has 0 radical (unpaired) electrons. The summed E-state index contributed by atoms with van der Waals surface area (Å²) in [6, 6.07) is 4.49. The molecule has 8 heteroatoms. The number of nitrogens with zero attached hydrogens (tertiary/aromatic N) is 3. The molecular formula is C15H17ClFN5O. The number of carbonyl (C=O) groups excluding carboxylic acids is 1. The van der Waals surface area contributed by atoms with E-state index in [0.29, 0.717) is 11.6 Å². The van der Waals surface area contributed by atoms with Crippen molar-refractivity contribution in [1.29, 1.82) is 0 Å². The highest BCUT2D eigenvalue weighted by Crippen LogP contribution is 2.21. The fourth-order valence-corrected chi connectivity index (χ4v) is 3.01. The number of aromatic nitrogens is 3. The first-order valence-corrected chi connectivity index (χ1v) is 7.82. The van der Waals surface area contributed by atoms with Gasteiger partial charge in [-0.05, 0) is 37.1 Å². The van der Waals surface area contributed by atoms with Gasteiger partial charge in [-0.3, -0.25) is 9.69 Å². The van der Waals surface area contributed by atoms with Crippen LogP contribution in [0.4, 0.5) is 4.39 Å². The van der Waals surface area contributed by atoms with E-state index in [1.54, 1.807) is 6.07 Å². The molecule has 1 aliphatic rings. The summed E-state index contributed by atoms with van der Waals surface area (Å²) in [6.07, 6.45) is 3.29. The van der Waals surface area contributed by atoms with Crippen molar-refractivity contribution < 1.29 is 9.18 Å². The van der Waals surface area contributed by atoms with Crippen molar-refractivity contribution in [2.75, 3.05) is 13.1 Å². The Hall–Kier alpha value is -1.99. The lowest BCUT2D eigenvalue weighted by Crippen LogP contribution is -2.47. The first-order chi connectivity index (χ1) is 11.1. The third kappa shape index (κ3) is 4.05. The third-order valence-electron chi connectivity index (χ3n) is 3.90. The maximum Gasteiger partial charge on any atom is 0.273 e. The lowest BCUT2D eigenvalue weighted by molar-refractivity contribution is 0.0895. The van der Waals surface area contributed by atoms with Crippen molar-refractivity contribution in [2.45, 2.75) is 25.4 Å². The molecule has 122 valence electrons. The Morgan fingerprint density at radius 3 is 3.13 bits per heavy atom. The number of hydrogen-bond donors (Lipinski definition) is 2. The number of halogens is 2. The van der Waals surface area contributed by atoms with E-state index in [1.807, 2.05) is 0 Å². The maximum absolute atomic E-state index is 13.1. The topological polar surface area (TPSA) is 73.9 Å². The van der Waals surface area contributed by atoms with Gasteiger partial charge < -0.3 is 5.32 Å². The van der Waals surface area contributed by atoms with Gasteiger partial charge >= 0.3 is 0 Å². The van der Waals surface area contributed by atoms with Gasteiger partial charge in [-0.1, -0.05) is 17.7 Å². The molecule has 23 heavy (non-hydrogen) atoms. The zero-order valence-electron chi connectivity index (χ0n) is 12.4. The molecule has 6 nitrogen and oxygen atoms in total. The number of H-pyrrole nitrogens is 1. The Balaban J connectivity index is 1.58. The molecule has 3 rings (SSSR count). The van der Waals surface area contributed by atoms with E-state index < -0.39 is 0 Å². The number of benzene rings is 1. The lowest BCUT2D eigenvalue weighted by atomic mass is 10.0. The van der Waals surface area contributed by atoms with Gasteiger partial charge in [0.2, 0.25) is 0 Å². The second-order valence-corrected chi connectivity index (χ2v) is 6.05. The van der Waals surface area contributed by atoms with Crippen molar-refractivity contribution >= 4 is 17.5 Å². The summed E-state index contributed by atoms with van der Waals surface area (Å²) in [5.74, 6) is -0.569. The van der Waals surface area contributed by atoms with Crippen molar-refractivity contribution in [3.05, 3.63) is 46.5 Å². The number of carbonyl (C=O) groups is 1. The summed E-state index contributed by atoms with van der Waals surface area (Å²) in [4.78, 5) is 14.2. The van der Waals surface area contributed by atoms with Crippen LogP contribution in [0.25, 0.3) is 0 Å². The molecule has 0 saturated carbocycles. The quantitative estimate of drug-likeness (QED) is 0.895. The highest BCUT2D eigenvalue weighted by Gasteiger charge is 2.23. The molecule has 0 bridgehead atoms. The SMILES string of the molecule is O=C(N[C@@H]1CCCN(Cc2ccc(F)cc2Cl)C1)c1cn[nH]n1. The number of piperidine rings is 1. The number of nitrogens with one attached hydrogen (secondary N) is 2. The van der Waals surface area contributed by atoms with Gasteiger partial charge in [0.1, 0.15) is 5.82 Å². The third-order valence-corrected chi connectivity index (χ3v) is 4.25. The zero-order chi connectivity index (χ0) is 16.2. The van der Waals surface area contributed by atoms with Gasteiger partial charge in [-0.15, -0.1) is 0 Å².